The van der Waals surface area contributed by atoms with E-state index in [2.05, 4.69) is 0 Å². The SMILES string of the molecule is Nc1n(CC(O)c2ccco2)c2ccccc2[n+]1Cc1ccccc1Cl. The Morgan fingerprint density at radius 3 is 2.62 bits per heavy atom. The molecule has 0 aliphatic carbocycles. The standard InChI is InChI=1S/C20H18ClN3O2/c21-15-7-2-1-6-14(15)12-23-16-8-3-4-9-17(16)24(20(23)22)13-18(25)19-10-5-11-26-19/h1-11,18,22,25H,12-13H2/p+1. The van der Waals surface area contributed by atoms with Gasteiger partial charge in [0.1, 0.15) is 29.4 Å². The number of nitrogen functional groups attached to an aromatic ring is 1. The molecule has 6 heteroatoms. The van der Waals surface area contributed by atoms with Crippen molar-refractivity contribution in [2.75, 3.05) is 5.73 Å². The molecule has 132 valence electrons. The van der Waals surface area contributed by atoms with Crippen LogP contribution in [0, 0.1) is 0 Å². The molecule has 0 radical (unpaired) electrons. The van der Waals surface area contributed by atoms with Gasteiger partial charge < -0.3 is 9.52 Å². The number of rotatable bonds is 5. The third-order valence-electron chi connectivity index (χ3n) is 4.53. The lowest BCUT2D eigenvalue weighted by atomic mass is 10.2. The van der Waals surface area contributed by atoms with Crippen LogP contribution in [-0.2, 0) is 13.1 Å². The van der Waals surface area contributed by atoms with Gasteiger partial charge in [-0.1, -0.05) is 41.9 Å². The quantitative estimate of drug-likeness (QED) is 0.529. The molecule has 0 amide bonds. The first-order valence-electron chi connectivity index (χ1n) is 8.36. The number of nitrogens with zero attached hydrogens (tertiary/aromatic N) is 2. The molecule has 0 bridgehead atoms. The van der Waals surface area contributed by atoms with Crippen LogP contribution in [0.15, 0.2) is 71.3 Å². The fraction of sp³-hybridized carbons (Fsp3) is 0.150. The molecule has 0 saturated carbocycles. The Morgan fingerprint density at radius 1 is 1.08 bits per heavy atom. The van der Waals surface area contributed by atoms with E-state index in [1.807, 2.05) is 57.7 Å². The Kier molecular flexibility index (Phi) is 4.41. The van der Waals surface area contributed by atoms with Gasteiger partial charge in [0, 0.05) is 10.6 Å². The summed E-state index contributed by atoms with van der Waals surface area (Å²) in [6, 6.07) is 19.2. The number of aromatic nitrogens is 2. The molecule has 2 heterocycles. The summed E-state index contributed by atoms with van der Waals surface area (Å²) in [4.78, 5) is 0. The van der Waals surface area contributed by atoms with E-state index in [0.717, 1.165) is 16.6 Å². The van der Waals surface area contributed by atoms with Gasteiger partial charge in [0.25, 0.3) is 0 Å². The topological polar surface area (TPSA) is 68.2 Å². The van der Waals surface area contributed by atoms with Gasteiger partial charge >= 0.3 is 5.95 Å². The summed E-state index contributed by atoms with van der Waals surface area (Å²) in [7, 11) is 0. The van der Waals surface area contributed by atoms with Crippen molar-refractivity contribution in [1.82, 2.24) is 4.57 Å². The fourth-order valence-electron chi connectivity index (χ4n) is 3.21. The average molecular weight is 369 g/mol. The third kappa shape index (κ3) is 2.96. The van der Waals surface area contributed by atoms with Gasteiger partial charge in [0.05, 0.1) is 12.8 Å². The number of furan rings is 1. The molecule has 1 unspecified atom stereocenters. The van der Waals surface area contributed by atoms with E-state index >= 15 is 0 Å². The second-order valence-corrected chi connectivity index (χ2v) is 6.57. The van der Waals surface area contributed by atoms with Crippen LogP contribution in [0.1, 0.15) is 17.4 Å². The lowest BCUT2D eigenvalue weighted by molar-refractivity contribution is -0.648. The predicted molar refractivity (Wildman–Crippen MR) is 101 cm³/mol. The van der Waals surface area contributed by atoms with Gasteiger partial charge in [-0.15, -0.1) is 0 Å². The van der Waals surface area contributed by atoms with Gasteiger partial charge in [0.15, 0.2) is 0 Å². The first-order valence-corrected chi connectivity index (χ1v) is 8.74. The second kappa shape index (κ2) is 6.86. The number of nitrogens with two attached hydrogens (primary N) is 1. The zero-order chi connectivity index (χ0) is 18.1. The molecule has 1 atom stereocenters. The van der Waals surface area contributed by atoms with Crippen molar-refractivity contribution >= 4 is 28.6 Å². The van der Waals surface area contributed by atoms with E-state index in [-0.39, 0.29) is 0 Å². The Morgan fingerprint density at radius 2 is 1.85 bits per heavy atom. The Balaban J connectivity index is 1.77. The highest BCUT2D eigenvalue weighted by atomic mass is 35.5. The first kappa shape index (κ1) is 16.7. The molecule has 3 N–H and O–H groups in total. The average Bonchev–Trinajstić information content (AvgIpc) is 3.27. The van der Waals surface area contributed by atoms with Crippen LogP contribution in [0.25, 0.3) is 11.0 Å². The predicted octanol–water partition coefficient (Wildman–Crippen LogP) is 3.54. The van der Waals surface area contributed by atoms with E-state index < -0.39 is 6.10 Å². The number of benzene rings is 2. The van der Waals surface area contributed by atoms with Crippen LogP contribution in [0.2, 0.25) is 5.02 Å². The van der Waals surface area contributed by atoms with Crippen molar-refractivity contribution in [3.63, 3.8) is 0 Å². The number of hydrogen-bond acceptors (Lipinski definition) is 3. The highest BCUT2D eigenvalue weighted by Crippen LogP contribution is 2.23. The molecular formula is C20H19ClN3O2+. The normalized spacial score (nSPS) is 12.5. The molecular weight excluding hydrogens is 350 g/mol. The number of fused-ring (bicyclic) bond motifs is 1. The number of hydrogen-bond donors (Lipinski definition) is 2. The van der Waals surface area contributed by atoms with Crippen LogP contribution in [0.3, 0.4) is 0 Å². The van der Waals surface area contributed by atoms with E-state index in [4.69, 9.17) is 21.8 Å². The maximum Gasteiger partial charge on any atom is 0.356 e. The zero-order valence-corrected chi connectivity index (χ0v) is 14.8. The summed E-state index contributed by atoms with van der Waals surface area (Å²) in [6.45, 7) is 0.852. The highest BCUT2D eigenvalue weighted by molar-refractivity contribution is 6.31. The smallest absolute Gasteiger partial charge is 0.356 e. The molecule has 0 fully saturated rings. The minimum absolute atomic E-state index is 0.301. The minimum Gasteiger partial charge on any atom is -0.466 e. The van der Waals surface area contributed by atoms with E-state index in [1.165, 1.54) is 0 Å². The van der Waals surface area contributed by atoms with Crippen molar-refractivity contribution < 1.29 is 14.1 Å². The van der Waals surface area contributed by atoms with Crippen LogP contribution in [0.4, 0.5) is 5.95 Å². The van der Waals surface area contributed by atoms with E-state index in [1.54, 1.807) is 18.4 Å². The zero-order valence-electron chi connectivity index (χ0n) is 14.0. The number of anilines is 1. The molecule has 4 rings (SSSR count). The molecule has 5 nitrogen and oxygen atoms in total. The fourth-order valence-corrected chi connectivity index (χ4v) is 3.41. The van der Waals surface area contributed by atoms with Crippen molar-refractivity contribution in [2.24, 2.45) is 0 Å². The monoisotopic (exact) mass is 368 g/mol. The Labute approximate surface area is 155 Å². The highest BCUT2D eigenvalue weighted by Gasteiger charge is 2.24. The van der Waals surface area contributed by atoms with Crippen LogP contribution >= 0.6 is 11.6 Å². The van der Waals surface area contributed by atoms with Crippen LogP contribution < -0.4 is 10.3 Å². The summed E-state index contributed by atoms with van der Waals surface area (Å²) >= 11 is 6.32. The maximum absolute atomic E-state index is 10.5. The number of imidazole rings is 1. The minimum atomic E-state index is -0.781. The lowest BCUT2D eigenvalue weighted by Crippen LogP contribution is -2.37. The number of para-hydroxylation sites is 2. The van der Waals surface area contributed by atoms with Gasteiger partial charge in [-0.05, 0) is 30.3 Å². The molecule has 0 spiro atoms. The summed E-state index contributed by atoms with van der Waals surface area (Å²) < 4.78 is 9.22. The molecule has 26 heavy (non-hydrogen) atoms. The van der Waals surface area contributed by atoms with Crippen molar-refractivity contribution in [2.45, 2.75) is 19.2 Å². The number of aliphatic hydroxyl groups excluding tert-OH is 1. The van der Waals surface area contributed by atoms with Gasteiger partial charge in [-0.3, -0.25) is 5.73 Å². The Hall–Kier alpha value is -2.76. The first-order chi connectivity index (χ1) is 12.6. The van der Waals surface area contributed by atoms with Gasteiger partial charge in [-0.25, -0.2) is 9.13 Å². The summed E-state index contributed by atoms with van der Waals surface area (Å²) in [6.07, 6.45) is 0.768. The van der Waals surface area contributed by atoms with Crippen molar-refractivity contribution in [3.05, 3.63) is 83.3 Å². The third-order valence-corrected chi connectivity index (χ3v) is 4.90. The van der Waals surface area contributed by atoms with Crippen LogP contribution in [0.5, 0.6) is 0 Å². The molecule has 0 aliphatic heterocycles. The van der Waals surface area contributed by atoms with E-state index in [0.29, 0.717) is 29.8 Å². The number of aliphatic hydroxyl groups is 1. The molecule has 0 saturated heterocycles. The van der Waals surface area contributed by atoms with Gasteiger partial charge in [0.2, 0.25) is 0 Å². The van der Waals surface area contributed by atoms with Gasteiger partial charge in [-0.2, -0.15) is 0 Å². The molecule has 2 aromatic carbocycles. The summed E-state index contributed by atoms with van der Waals surface area (Å²) in [5.41, 5.74) is 9.37. The van der Waals surface area contributed by atoms with Crippen molar-refractivity contribution in [3.8, 4) is 0 Å². The largest absolute Gasteiger partial charge is 0.466 e. The van der Waals surface area contributed by atoms with Crippen LogP contribution in [-0.4, -0.2) is 9.67 Å². The summed E-state index contributed by atoms with van der Waals surface area (Å²) in [5.74, 6) is 1.07. The lowest BCUT2D eigenvalue weighted by Gasteiger charge is -2.08. The van der Waals surface area contributed by atoms with Crippen molar-refractivity contribution in [1.29, 1.82) is 0 Å². The molecule has 0 aliphatic rings. The summed E-state index contributed by atoms with van der Waals surface area (Å²) in [5, 5.41) is 11.2. The Bertz CT molecular complexity index is 1040. The molecule has 4 aromatic rings. The van der Waals surface area contributed by atoms with E-state index in [9.17, 15) is 5.11 Å². The maximum atomic E-state index is 10.5. The second-order valence-electron chi connectivity index (χ2n) is 6.17. The number of halogens is 1. The molecule has 2 aromatic heterocycles.